The standard InChI is InChI=1S/C12H18ClNO2S2/c1-9-7-10(9)8-14(2)18(15,16)12-4-3-11(17-12)5-6-13/h3-4,9-10H,5-8H2,1-2H3. The Kier molecular flexibility index (Phi) is 4.36. The van der Waals surface area contributed by atoms with Gasteiger partial charge in [0.05, 0.1) is 0 Å². The Balaban J connectivity index is 2.08. The Morgan fingerprint density at radius 3 is 2.72 bits per heavy atom. The molecule has 0 aromatic carbocycles. The Labute approximate surface area is 118 Å². The molecule has 0 aliphatic heterocycles. The van der Waals surface area contributed by atoms with Crippen molar-refractivity contribution in [3.05, 3.63) is 17.0 Å². The molecule has 2 unspecified atom stereocenters. The average Bonchev–Trinajstić information content (AvgIpc) is 2.80. The van der Waals surface area contributed by atoms with Crippen LogP contribution in [0.3, 0.4) is 0 Å². The molecule has 2 rings (SSSR count). The summed E-state index contributed by atoms with van der Waals surface area (Å²) in [6.07, 6.45) is 1.87. The van der Waals surface area contributed by atoms with Crippen LogP contribution in [-0.2, 0) is 16.4 Å². The zero-order valence-electron chi connectivity index (χ0n) is 10.6. The van der Waals surface area contributed by atoms with Gasteiger partial charge in [-0.3, -0.25) is 0 Å². The largest absolute Gasteiger partial charge is 0.252 e. The molecule has 1 heterocycles. The van der Waals surface area contributed by atoms with Gasteiger partial charge in [0, 0.05) is 24.3 Å². The average molecular weight is 308 g/mol. The van der Waals surface area contributed by atoms with Crippen molar-refractivity contribution in [2.75, 3.05) is 19.5 Å². The molecule has 0 spiro atoms. The molecule has 0 amide bonds. The second-order valence-electron chi connectivity index (χ2n) is 4.92. The van der Waals surface area contributed by atoms with Crippen LogP contribution in [0.2, 0.25) is 0 Å². The highest BCUT2D eigenvalue weighted by Gasteiger charge is 2.36. The fourth-order valence-electron chi connectivity index (χ4n) is 1.96. The first-order valence-corrected chi connectivity index (χ1v) is 8.85. The van der Waals surface area contributed by atoms with Crippen molar-refractivity contribution in [3.8, 4) is 0 Å². The van der Waals surface area contributed by atoms with Crippen molar-refractivity contribution < 1.29 is 8.42 Å². The third-order valence-electron chi connectivity index (χ3n) is 3.41. The summed E-state index contributed by atoms with van der Waals surface area (Å²) in [5.74, 6) is 1.72. The molecule has 1 aromatic heterocycles. The maximum Gasteiger partial charge on any atom is 0.252 e. The van der Waals surface area contributed by atoms with E-state index in [1.807, 2.05) is 6.07 Å². The second kappa shape index (κ2) is 5.49. The van der Waals surface area contributed by atoms with E-state index >= 15 is 0 Å². The highest BCUT2D eigenvalue weighted by Crippen LogP contribution is 2.39. The van der Waals surface area contributed by atoms with Crippen LogP contribution in [0, 0.1) is 11.8 Å². The first kappa shape index (κ1) is 14.3. The maximum absolute atomic E-state index is 12.3. The predicted octanol–water partition coefficient (Wildman–Crippen LogP) is 2.81. The van der Waals surface area contributed by atoms with Gasteiger partial charge in [-0.15, -0.1) is 22.9 Å². The molecule has 0 saturated heterocycles. The summed E-state index contributed by atoms with van der Waals surface area (Å²) in [6, 6.07) is 3.54. The second-order valence-corrected chi connectivity index (χ2v) is 8.74. The van der Waals surface area contributed by atoms with Gasteiger partial charge in [0.1, 0.15) is 4.21 Å². The molecule has 1 aliphatic rings. The summed E-state index contributed by atoms with van der Waals surface area (Å²) in [4.78, 5) is 1.02. The number of sulfonamides is 1. The molecule has 18 heavy (non-hydrogen) atoms. The zero-order chi connectivity index (χ0) is 13.3. The first-order valence-electron chi connectivity index (χ1n) is 6.06. The topological polar surface area (TPSA) is 37.4 Å². The molecule has 1 fully saturated rings. The van der Waals surface area contributed by atoms with Crippen LogP contribution in [0.5, 0.6) is 0 Å². The van der Waals surface area contributed by atoms with Gasteiger partial charge in [-0.05, 0) is 36.8 Å². The van der Waals surface area contributed by atoms with Crippen LogP contribution in [0.1, 0.15) is 18.2 Å². The van der Waals surface area contributed by atoms with Gasteiger partial charge < -0.3 is 0 Å². The quantitative estimate of drug-likeness (QED) is 0.758. The van der Waals surface area contributed by atoms with Gasteiger partial charge in [0.15, 0.2) is 0 Å². The van der Waals surface area contributed by atoms with Gasteiger partial charge in [0.25, 0.3) is 10.0 Å². The molecule has 0 bridgehead atoms. The van der Waals surface area contributed by atoms with Crippen molar-refractivity contribution >= 4 is 33.0 Å². The van der Waals surface area contributed by atoms with Crippen molar-refractivity contribution in [1.82, 2.24) is 4.31 Å². The molecular weight excluding hydrogens is 290 g/mol. The highest BCUT2D eigenvalue weighted by molar-refractivity contribution is 7.91. The number of thiophene rings is 1. The van der Waals surface area contributed by atoms with Crippen LogP contribution in [0.25, 0.3) is 0 Å². The Hall–Kier alpha value is -0.100. The van der Waals surface area contributed by atoms with Crippen molar-refractivity contribution in [2.24, 2.45) is 11.8 Å². The molecule has 6 heteroatoms. The molecular formula is C12H18ClNO2S2. The van der Waals surface area contributed by atoms with E-state index in [1.54, 1.807) is 13.1 Å². The van der Waals surface area contributed by atoms with E-state index in [0.717, 1.165) is 17.7 Å². The zero-order valence-corrected chi connectivity index (χ0v) is 13.0. The number of alkyl halides is 1. The summed E-state index contributed by atoms with van der Waals surface area (Å²) in [7, 11) is -1.64. The summed E-state index contributed by atoms with van der Waals surface area (Å²) in [5, 5.41) is 0. The van der Waals surface area contributed by atoms with Crippen molar-refractivity contribution in [1.29, 1.82) is 0 Å². The SMILES string of the molecule is CC1CC1CN(C)S(=O)(=O)c1ccc(CCCl)s1. The Morgan fingerprint density at radius 2 is 2.17 bits per heavy atom. The number of halogens is 1. The van der Waals surface area contributed by atoms with Gasteiger partial charge in [-0.25, -0.2) is 8.42 Å². The van der Waals surface area contributed by atoms with Crippen LogP contribution < -0.4 is 0 Å². The molecule has 0 radical (unpaired) electrons. The van der Waals surface area contributed by atoms with Gasteiger partial charge >= 0.3 is 0 Å². The van der Waals surface area contributed by atoms with E-state index in [4.69, 9.17) is 11.6 Å². The van der Waals surface area contributed by atoms with Gasteiger partial charge in [-0.1, -0.05) is 6.92 Å². The van der Waals surface area contributed by atoms with Crippen molar-refractivity contribution in [2.45, 2.75) is 24.0 Å². The molecule has 1 saturated carbocycles. The van der Waals surface area contributed by atoms with Crippen LogP contribution in [-0.4, -0.2) is 32.2 Å². The third-order valence-corrected chi connectivity index (χ3v) is 7.03. The third kappa shape index (κ3) is 3.07. The van der Waals surface area contributed by atoms with Gasteiger partial charge in [-0.2, -0.15) is 4.31 Å². The highest BCUT2D eigenvalue weighted by atomic mass is 35.5. The summed E-state index contributed by atoms with van der Waals surface area (Å²) in [5.41, 5.74) is 0. The minimum absolute atomic E-state index is 0.429. The van der Waals surface area contributed by atoms with E-state index in [0.29, 0.717) is 28.5 Å². The molecule has 1 aromatic rings. The molecule has 0 N–H and O–H groups in total. The summed E-state index contributed by atoms with van der Waals surface area (Å²) >= 11 is 6.99. The number of nitrogens with zero attached hydrogens (tertiary/aromatic N) is 1. The number of hydrogen-bond donors (Lipinski definition) is 0. The fraction of sp³-hybridized carbons (Fsp3) is 0.667. The Bertz CT molecular complexity index is 512. The van der Waals surface area contributed by atoms with E-state index in [1.165, 1.54) is 15.6 Å². The number of hydrogen-bond acceptors (Lipinski definition) is 3. The smallest absolute Gasteiger partial charge is 0.206 e. The van der Waals surface area contributed by atoms with E-state index in [-0.39, 0.29) is 0 Å². The van der Waals surface area contributed by atoms with Crippen LogP contribution in [0.15, 0.2) is 16.3 Å². The molecule has 1 aliphatic carbocycles. The van der Waals surface area contributed by atoms with E-state index < -0.39 is 10.0 Å². The maximum atomic E-state index is 12.3. The van der Waals surface area contributed by atoms with Gasteiger partial charge in [0.2, 0.25) is 0 Å². The van der Waals surface area contributed by atoms with E-state index in [2.05, 4.69) is 6.92 Å². The normalized spacial score (nSPS) is 23.6. The minimum Gasteiger partial charge on any atom is -0.206 e. The Morgan fingerprint density at radius 1 is 1.50 bits per heavy atom. The summed E-state index contributed by atoms with van der Waals surface area (Å²) < 4.78 is 26.6. The first-order chi connectivity index (χ1) is 8.45. The lowest BCUT2D eigenvalue weighted by Gasteiger charge is -2.15. The molecule has 102 valence electrons. The monoisotopic (exact) mass is 307 g/mol. The lowest BCUT2D eigenvalue weighted by atomic mass is 10.3. The number of aryl methyl sites for hydroxylation is 1. The lowest BCUT2D eigenvalue weighted by molar-refractivity contribution is 0.446. The van der Waals surface area contributed by atoms with Crippen LogP contribution >= 0.6 is 22.9 Å². The van der Waals surface area contributed by atoms with Crippen molar-refractivity contribution in [3.63, 3.8) is 0 Å². The molecule has 2 atom stereocenters. The van der Waals surface area contributed by atoms with E-state index in [9.17, 15) is 8.42 Å². The van der Waals surface area contributed by atoms with Crippen LogP contribution in [0.4, 0.5) is 0 Å². The summed E-state index contributed by atoms with van der Waals surface area (Å²) in [6.45, 7) is 2.79. The predicted molar refractivity (Wildman–Crippen MR) is 75.8 cm³/mol. The lowest BCUT2D eigenvalue weighted by Crippen LogP contribution is -2.28. The molecule has 3 nitrogen and oxygen atoms in total. The fourth-order valence-corrected chi connectivity index (χ4v) is 5.07. The minimum atomic E-state index is -3.31. The number of rotatable bonds is 6.